The SMILES string of the molecule is COC(=O)c1ccc(CNC(C)(C)C(N)=O)nc1. The van der Waals surface area contributed by atoms with Crippen molar-refractivity contribution in [2.75, 3.05) is 7.11 Å². The lowest BCUT2D eigenvalue weighted by atomic mass is 10.1. The molecule has 18 heavy (non-hydrogen) atoms. The van der Waals surface area contributed by atoms with Gasteiger partial charge in [-0.25, -0.2) is 4.79 Å². The van der Waals surface area contributed by atoms with E-state index in [1.807, 2.05) is 0 Å². The summed E-state index contributed by atoms with van der Waals surface area (Å²) in [6.45, 7) is 3.77. The molecule has 0 radical (unpaired) electrons. The predicted molar refractivity (Wildman–Crippen MR) is 65.7 cm³/mol. The molecule has 1 aromatic heterocycles. The number of hydrogen-bond acceptors (Lipinski definition) is 5. The van der Waals surface area contributed by atoms with Gasteiger partial charge in [-0.05, 0) is 26.0 Å². The molecule has 0 saturated carbocycles. The maximum absolute atomic E-state index is 11.2. The summed E-state index contributed by atoms with van der Waals surface area (Å²) < 4.78 is 4.57. The highest BCUT2D eigenvalue weighted by Gasteiger charge is 2.23. The van der Waals surface area contributed by atoms with Crippen molar-refractivity contribution in [2.24, 2.45) is 5.73 Å². The molecule has 0 aliphatic rings. The molecule has 6 heteroatoms. The van der Waals surface area contributed by atoms with Gasteiger partial charge in [-0.15, -0.1) is 0 Å². The Bertz CT molecular complexity index is 440. The zero-order chi connectivity index (χ0) is 13.8. The Hall–Kier alpha value is -1.95. The Morgan fingerprint density at radius 1 is 1.44 bits per heavy atom. The van der Waals surface area contributed by atoms with Crippen LogP contribution in [0.4, 0.5) is 0 Å². The van der Waals surface area contributed by atoms with Gasteiger partial charge in [-0.2, -0.15) is 0 Å². The standard InChI is InChI=1S/C12H17N3O3/c1-12(2,11(13)17)15-7-9-5-4-8(6-14-9)10(16)18-3/h4-6,15H,7H2,1-3H3,(H2,13,17). The highest BCUT2D eigenvalue weighted by atomic mass is 16.5. The minimum atomic E-state index is -0.803. The van der Waals surface area contributed by atoms with Gasteiger partial charge in [0.05, 0.1) is 23.9 Å². The van der Waals surface area contributed by atoms with E-state index in [1.54, 1.807) is 26.0 Å². The van der Waals surface area contributed by atoms with E-state index in [4.69, 9.17) is 5.73 Å². The summed E-state index contributed by atoms with van der Waals surface area (Å²) in [7, 11) is 1.31. The minimum absolute atomic E-state index is 0.385. The third kappa shape index (κ3) is 3.53. The quantitative estimate of drug-likeness (QED) is 0.730. The second-order valence-corrected chi connectivity index (χ2v) is 4.37. The van der Waals surface area contributed by atoms with E-state index in [9.17, 15) is 9.59 Å². The van der Waals surface area contributed by atoms with E-state index >= 15 is 0 Å². The van der Waals surface area contributed by atoms with Crippen LogP contribution in [0, 0.1) is 0 Å². The van der Waals surface area contributed by atoms with Crippen molar-refractivity contribution in [3.8, 4) is 0 Å². The van der Waals surface area contributed by atoms with Crippen molar-refractivity contribution in [2.45, 2.75) is 25.9 Å². The lowest BCUT2D eigenvalue weighted by molar-refractivity contribution is -0.123. The normalized spacial score (nSPS) is 11.1. The van der Waals surface area contributed by atoms with Gasteiger partial charge < -0.3 is 10.5 Å². The first-order valence-corrected chi connectivity index (χ1v) is 5.45. The second-order valence-electron chi connectivity index (χ2n) is 4.37. The fourth-order valence-corrected chi connectivity index (χ4v) is 1.17. The van der Waals surface area contributed by atoms with Crippen LogP contribution in [0.25, 0.3) is 0 Å². The number of esters is 1. The number of ether oxygens (including phenoxy) is 1. The van der Waals surface area contributed by atoms with E-state index < -0.39 is 17.4 Å². The van der Waals surface area contributed by atoms with Gasteiger partial charge in [0.2, 0.25) is 5.91 Å². The molecule has 1 amide bonds. The molecular formula is C12H17N3O3. The number of nitrogens with zero attached hydrogens (tertiary/aromatic N) is 1. The highest BCUT2D eigenvalue weighted by molar-refractivity contribution is 5.88. The maximum Gasteiger partial charge on any atom is 0.339 e. The molecule has 0 atom stereocenters. The first-order valence-electron chi connectivity index (χ1n) is 5.45. The number of carbonyl (C=O) groups is 2. The van der Waals surface area contributed by atoms with E-state index in [0.29, 0.717) is 17.8 Å². The van der Waals surface area contributed by atoms with Gasteiger partial charge in [-0.3, -0.25) is 15.1 Å². The molecule has 0 aromatic carbocycles. The Labute approximate surface area is 106 Å². The van der Waals surface area contributed by atoms with Gasteiger partial charge in [0.15, 0.2) is 0 Å². The summed E-state index contributed by atoms with van der Waals surface area (Å²) in [5, 5.41) is 2.98. The zero-order valence-electron chi connectivity index (χ0n) is 10.7. The van der Waals surface area contributed by atoms with Crippen molar-refractivity contribution in [3.63, 3.8) is 0 Å². The number of pyridine rings is 1. The average molecular weight is 251 g/mol. The molecular weight excluding hydrogens is 234 g/mol. The first-order chi connectivity index (χ1) is 8.36. The number of aromatic nitrogens is 1. The van der Waals surface area contributed by atoms with Crippen LogP contribution in [0.15, 0.2) is 18.3 Å². The van der Waals surface area contributed by atoms with Crippen LogP contribution in [0.5, 0.6) is 0 Å². The van der Waals surface area contributed by atoms with Crippen LogP contribution in [-0.2, 0) is 16.1 Å². The monoisotopic (exact) mass is 251 g/mol. The summed E-state index contributed by atoms with van der Waals surface area (Å²) in [6.07, 6.45) is 1.43. The van der Waals surface area contributed by atoms with Gasteiger partial charge in [0.1, 0.15) is 0 Å². The van der Waals surface area contributed by atoms with Crippen molar-refractivity contribution in [1.82, 2.24) is 10.3 Å². The molecule has 0 spiro atoms. The smallest absolute Gasteiger partial charge is 0.339 e. The lowest BCUT2D eigenvalue weighted by Gasteiger charge is -2.21. The predicted octanol–water partition coefficient (Wildman–Crippen LogP) is 0.222. The largest absolute Gasteiger partial charge is 0.465 e. The minimum Gasteiger partial charge on any atom is -0.465 e. The summed E-state index contributed by atoms with van der Waals surface area (Å²) in [5.41, 5.74) is 5.52. The Kier molecular flexibility index (Phi) is 4.38. The van der Waals surface area contributed by atoms with Gasteiger partial charge in [-0.1, -0.05) is 0 Å². The molecule has 0 unspecified atom stereocenters. The average Bonchev–Trinajstić information content (AvgIpc) is 2.36. The number of hydrogen-bond donors (Lipinski definition) is 2. The first kappa shape index (κ1) is 14.1. The van der Waals surface area contributed by atoms with Gasteiger partial charge in [0.25, 0.3) is 0 Å². The number of primary amides is 1. The topological polar surface area (TPSA) is 94.3 Å². The van der Waals surface area contributed by atoms with Crippen LogP contribution in [0.2, 0.25) is 0 Å². The summed E-state index contributed by atoms with van der Waals surface area (Å²) in [5.74, 6) is -0.867. The van der Waals surface area contributed by atoms with Crippen LogP contribution < -0.4 is 11.1 Å². The van der Waals surface area contributed by atoms with Crippen molar-refractivity contribution < 1.29 is 14.3 Å². The van der Waals surface area contributed by atoms with Crippen LogP contribution in [0.1, 0.15) is 29.9 Å². The van der Waals surface area contributed by atoms with Gasteiger partial charge in [0, 0.05) is 12.7 Å². The molecule has 1 aromatic rings. The maximum atomic E-state index is 11.2. The Balaban J connectivity index is 2.65. The molecule has 0 saturated heterocycles. The number of methoxy groups -OCH3 is 1. The van der Waals surface area contributed by atoms with Crippen molar-refractivity contribution in [3.05, 3.63) is 29.6 Å². The van der Waals surface area contributed by atoms with Crippen LogP contribution in [-0.4, -0.2) is 29.5 Å². The fourth-order valence-electron chi connectivity index (χ4n) is 1.17. The molecule has 6 nitrogen and oxygen atoms in total. The summed E-state index contributed by atoms with van der Waals surface area (Å²) >= 11 is 0. The van der Waals surface area contributed by atoms with E-state index in [2.05, 4.69) is 15.0 Å². The third-order valence-electron chi connectivity index (χ3n) is 2.57. The van der Waals surface area contributed by atoms with Crippen molar-refractivity contribution >= 4 is 11.9 Å². The van der Waals surface area contributed by atoms with Crippen LogP contribution >= 0.6 is 0 Å². The molecule has 0 bridgehead atoms. The molecule has 1 heterocycles. The molecule has 3 N–H and O–H groups in total. The van der Waals surface area contributed by atoms with Gasteiger partial charge >= 0.3 is 5.97 Å². The molecule has 0 fully saturated rings. The van der Waals surface area contributed by atoms with E-state index in [1.165, 1.54) is 13.3 Å². The van der Waals surface area contributed by atoms with E-state index in [0.717, 1.165) is 0 Å². The molecule has 98 valence electrons. The number of rotatable bonds is 5. The van der Waals surface area contributed by atoms with E-state index in [-0.39, 0.29) is 0 Å². The van der Waals surface area contributed by atoms with Crippen molar-refractivity contribution in [1.29, 1.82) is 0 Å². The Morgan fingerprint density at radius 2 is 2.11 bits per heavy atom. The molecule has 1 rings (SSSR count). The molecule has 0 aliphatic heterocycles. The number of carbonyl (C=O) groups excluding carboxylic acids is 2. The molecule has 0 aliphatic carbocycles. The third-order valence-corrected chi connectivity index (χ3v) is 2.57. The second kappa shape index (κ2) is 5.59. The highest BCUT2D eigenvalue weighted by Crippen LogP contribution is 2.05. The lowest BCUT2D eigenvalue weighted by Crippen LogP contribution is -2.50. The number of amides is 1. The summed E-state index contributed by atoms with van der Waals surface area (Å²) in [4.78, 5) is 26.4. The Morgan fingerprint density at radius 3 is 2.56 bits per heavy atom. The number of nitrogens with two attached hydrogens (primary N) is 1. The summed E-state index contributed by atoms with van der Waals surface area (Å²) in [6, 6.07) is 3.31. The fraction of sp³-hybridized carbons (Fsp3) is 0.417. The van der Waals surface area contributed by atoms with Crippen LogP contribution in [0.3, 0.4) is 0 Å². The zero-order valence-corrected chi connectivity index (χ0v) is 10.7. The number of nitrogens with one attached hydrogen (secondary N) is 1.